The summed E-state index contributed by atoms with van der Waals surface area (Å²) in [7, 11) is 1.73. The van der Waals surface area contributed by atoms with Gasteiger partial charge in [-0.15, -0.1) is 11.8 Å². The van der Waals surface area contributed by atoms with Crippen molar-refractivity contribution in [3.05, 3.63) is 23.8 Å². The van der Waals surface area contributed by atoms with Gasteiger partial charge in [0.1, 0.15) is 0 Å². The highest BCUT2D eigenvalue weighted by atomic mass is 32.2. The van der Waals surface area contributed by atoms with Gasteiger partial charge in [-0.3, -0.25) is 0 Å². The number of benzene rings is 1. The molecule has 0 bridgehead atoms. The highest BCUT2D eigenvalue weighted by Gasteiger charge is 2.07. The lowest BCUT2D eigenvalue weighted by molar-refractivity contribution is 0.203. The molecule has 1 rings (SSSR count). The Balaban J connectivity index is 2.71. The van der Waals surface area contributed by atoms with Crippen molar-refractivity contribution in [2.24, 2.45) is 0 Å². The number of rotatable bonds is 4. The molecule has 0 spiro atoms. The fourth-order valence-corrected chi connectivity index (χ4v) is 2.33. The van der Waals surface area contributed by atoms with E-state index in [0.717, 1.165) is 12.3 Å². The summed E-state index contributed by atoms with van der Waals surface area (Å²) in [5.74, 6) is 0. The third-order valence-electron chi connectivity index (χ3n) is 2.06. The Morgan fingerprint density at radius 1 is 1.50 bits per heavy atom. The van der Waals surface area contributed by atoms with Crippen molar-refractivity contribution in [3.63, 3.8) is 0 Å². The van der Waals surface area contributed by atoms with Gasteiger partial charge in [-0.25, -0.2) is 0 Å². The van der Waals surface area contributed by atoms with E-state index in [-0.39, 0.29) is 0 Å². The van der Waals surface area contributed by atoms with E-state index in [1.807, 2.05) is 12.1 Å². The van der Waals surface area contributed by atoms with E-state index in [4.69, 9.17) is 10.5 Å². The SMILES string of the molecule is COCC(C)Sc1cccc(N)c1C. The Kier molecular flexibility index (Phi) is 4.29. The van der Waals surface area contributed by atoms with Gasteiger partial charge in [-0.2, -0.15) is 0 Å². The molecule has 1 unspecified atom stereocenters. The lowest BCUT2D eigenvalue weighted by Crippen LogP contribution is -2.05. The fraction of sp³-hybridized carbons (Fsp3) is 0.455. The van der Waals surface area contributed by atoms with Gasteiger partial charge in [0.25, 0.3) is 0 Å². The number of hydrogen-bond acceptors (Lipinski definition) is 3. The van der Waals surface area contributed by atoms with Gasteiger partial charge in [-0.1, -0.05) is 13.0 Å². The summed E-state index contributed by atoms with van der Waals surface area (Å²) in [6, 6.07) is 6.02. The number of methoxy groups -OCH3 is 1. The van der Waals surface area contributed by atoms with Crippen molar-refractivity contribution in [1.29, 1.82) is 0 Å². The average Bonchev–Trinajstić information content (AvgIpc) is 2.13. The molecule has 2 N–H and O–H groups in total. The van der Waals surface area contributed by atoms with Crippen LogP contribution in [0.2, 0.25) is 0 Å². The Morgan fingerprint density at radius 2 is 2.21 bits per heavy atom. The van der Waals surface area contributed by atoms with Gasteiger partial charge in [0.05, 0.1) is 6.61 Å². The van der Waals surface area contributed by atoms with Crippen molar-refractivity contribution >= 4 is 17.4 Å². The second-order valence-corrected chi connectivity index (χ2v) is 4.83. The molecule has 0 radical (unpaired) electrons. The van der Waals surface area contributed by atoms with Crippen LogP contribution in [-0.2, 0) is 4.74 Å². The van der Waals surface area contributed by atoms with Crippen LogP contribution in [0.5, 0.6) is 0 Å². The average molecular weight is 211 g/mol. The number of nitrogen functional groups attached to an aromatic ring is 1. The summed E-state index contributed by atoms with van der Waals surface area (Å²) in [4.78, 5) is 1.24. The van der Waals surface area contributed by atoms with Crippen molar-refractivity contribution in [2.75, 3.05) is 19.5 Å². The Bertz CT molecular complexity index is 301. The van der Waals surface area contributed by atoms with E-state index >= 15 is 0 Å². The predicted molar refractivity (Wildman–Crippen MR) is 62.8 cm³/mol. The molecule has 14 heavy (non-hydrogen) atoms. The normalized spacial score (nSPS) is 12.8. The van der Waals surface area contributed by atoms with E-state index < -0.39 is 0 Å². The number of hydrogen-bond donors (Lipinski definition) is 1. The molecule has 0 amide bonds. The number of anilines is 1. The second-order valence-electron chi connectivity index (χ2n) is 3.35. The Morgan fingerprint density at radius 3 is 2.86 bits per heavy atom. The summed E-state index contributed by atoms with van der Waals surface area (Å²) in [5, 5.41) is 0.459. The molecule has 0 aliphatic heterocycles. The van der Waals surface area contributed by atoms with Crippen LogP contribution < -0.4 is 5.73 Å². The molecule has 1 aromatic rings. The van der Waals surface area contributed by atoms with Crippen LogP contribution in [0.3, 0.4) is 0 Å². The Labute approximate surface area is 89.8 Å². The van der Waals surface area contributed by atoms with Gasteiger partial charge in [0, 0.05) is 22.9 Å². The largest absolute Gasteiger partial charge is 0.398 e. The summed E-state index contributed by atoms with van der Waals surface area (Å²) < 4.78 is 5.09. The molecule has 0 saturated carbocycles. The van der Waals surface area contributed by atoms with Gasteiger partial charge in [0.15, 0.2) is 0 Å². The smallest absolute Gasteiger partial charge is 0.0582 e. The van der Waals surface area contributed by atoms with Crippen molar-refractivity contribution in [2.45, 2.75) is 24.0 Å². The van der Waals surface area contributed by atoms with Gasteiger partial charge in [0.2, 0.25) is 0 Å². The van der Waals surface area contributed by atoms with Crippen LogP contribution in [0.1, 0.15) is 12.5 Å². The number of nitrogens with two attached hydrogens (primary N) is 1. The van der Waals surface area contributed by atoms with Crippen LogP contribution in [0, 0.1) is 6.92 Å². The van der Waals surface area contributed by atoms with Crippen molar-refractivity contribution in [3.8, 4) is 0 Å². The van der Waals surface area contributed by atoms with Gasteiger partial charge in [-0.05, 0) is 24.6 Å². The highest BCUT2D eigenvalue weighted by molar-refractivity contribution is 8.00. The maximum absolute atomic E-state index is 5.83. The molecular weight excluding hydrogens is 194 g/mol. The molecule has 0 aromatic heterocycles. The number of ether oxygens (including phenoxy) is 1. The molecule has 1 atom stereocenters. The van der Waals surface area contributed by atoms with Crippen molar-refractivity contribution in [1.82, 2.24) is 0 Å². The standard InChI is InChI=1S/C11H17NOS/c1-8(7-13-3)14-11-6-4-5-10(12)9(11)2/h4-6,8H,7,12H2,1-3H3. The third-order valence-corrected chi connectivity index (χ3v) is 3.29. The molecule has 0 heterocycles. The topological polar surface area (TPSA) is 35.2 Å². The van der Waals surface area contributed by atoms with Gasteiger partial charge >= 0.3 is 0 Å². The maximum atomic E-state index is 5.83. The summed E-state index contributed by atoms with van der Waals surface area (Å²) >= 11 is 1.80. The van der Waals surface area contributed by atoms with E-state index in [1.54, 1.807) is 18.9 Å². The van der Waals surface area contributed by atoms with E-state index in [9.17, 15) is 0 Å². The molecule has 1 aromatic carbocycles. The summed E-state index contributed by atoms with van der Waals surface area (Å²) in [6.45, 7) is 4.97. The maximum Gasteiger partial charge on any atom is 0.0582 e. The highest BCUT2D eigenvalue weighted by Crippen LogP contribution is 2.29. The van der Waals surface area contributed by atoms with Crippen LogP contribution in [-0.4, -0.2) is 19.0 Å². The first-order valence-electron chi connectivity index (χ1n) is 4.66. The zero-order valence-electron chi connectivity index (χ0n) is 8.91. The molecule has 78 valence electrons. The third kappa shape index (κ3) is 2.93. The molecule has 0 aliphatic rings. The lowest BCUT2D eigenvalue weighted by Gasteiger charge is -2.12. The molecular formula is C11H17NOS. The molecule has 3 heteroatoms. The van der Waals surface area contributed by atoms with Crippen molar-refractivity contribution < 1.29 is 4.74 Å². The molecule has 0 aliphatic carbocycles. The number of thioether (sulfide) groups is 1. The first-order valence-corrected chi connectivity index (χ1v) is 5.53. The minimum Gasteiger partial charge on any atom is -0.398 e. The molecule has 2 nitrogen and oxygen atoms in total. The van der Waals surface area contributed by atoms with Crippen LogP contribution in [0.15, 0.2) is 23.1 Å². The first-order chi connectivity index (χ1) is 6.65. The Hall–Kier alpha value is -0.670. The first kappa shape index (κ1) is 11.4. The minimum atomic E-state index is 0.459. The van der Waals surface area contributed by atoms with E-state index in [0.29, 0.717) is 5.25 Å². The van der Waals surface area contributed by atoms with Crippen LogP contribution in [0.25, 0.3) is 0 Å². The summed E-state index contributed by atoms with van der Waals surface area (Å²) in [6.07, 6.45) is 0. The summed E-state index contributed by atoms with van der Waals surface area (Å²) in [5.41, 5.74) is 7.85. The zero-order chi connectivity index (χ0) is 10.6. The van der Waals surface area contributed by atoms with Crippen LogP contribution in [0.4, 0.5) is 5.69 Å². The van der Waals surface area contributed by atoms with E-state index in [1.165, 1.54) is 10.5 Å². The van der Waals surface area contributed by atoms with E-state index in [2.05, 4.69) is 19.9 Å². The quantitative estimate of drug-likeness (QED) is 0.614. The van der Waals surface area contributed by atoms with Gasteiger partial charge < -0.3 is 10.5 Å². The zero-order valence-corrected chi connectivity index (χ0v) is 9.73. The fourth-order valence-electron chi connectivity index (χ4n) is 1.24. The van der Waals surface area contributed by atoms with Crippen LogP contribution >= 0.6 is 11.8 Å². The second kappa shape index (κ2) is 5.27. The lowest BCUT2D eigenvalue weighted by atomic mass is 10.2. The minimum absolute atomic E-state index is 0.459. The molecule has 0 saturated heterocycles. The predicted octanol–water partition coefficient (Wildman–Crippen LogP) is 2.70. The monoisotopic (exact) mass is 211 g/mol. The molecule has 0 fully saturated rings.